The van der Waals surface area contributed by atoms with Crippen LogP contribution < -0.4 is 0 Å². The number of hydrogen-bond donors (Lipinski definition) is 0. The van der Waals surface area contributed by atoms with Gasteiger partial charge in [-0.15, -0.1) is 5.73 Å². The molecule has 0 bridgehead atoms. The molecule has 1 aromatic carbocycles. The number of fused-ring (bicyclic) bond motifs is 1. The van der Waals surface area contributed by atoms with Crippen LogP contribution in [-0.2, 0) is 5.41 Å². The molecule has 0 fully saturated rings. The van der Waals surface area contributed by atoms with E-state index in [4.69, 9.17) is 0 Å². The largest absolute Gasteiger partial charge is 0.125 e. The maximum atomic E-state index is 3.85. The molecule has 20 heavy (non-hydrogen) atoms. The molecule has 0 saturated heterocycles. The minimum Gasteiger partial charge on any atom is -0.125 e. The Morgan fingerprint density at radius 2 is 1.70 bits per heavy atom. The van der Waals surface area contributed by atoms with E-state index in [-0.39, 0.29) is 5.41 Å². The van der Waals surface area contributed by atoms with Gasteiger partial charge in [-0.05, 0) is 60.1 Å². The third kappa shape index (κ3) is 2.51. The third-order valence-corrected chi connectivity index (χ3v) is 3.91. The van der Waals surface area contributed by atoms with Gasteiger partial charge in [-0.2, -0.15) is 0 Å². The molecule has 0 nitrogen and oxygen atoms in total. The fourth-order valence-electron chi connectivity index (χ4n) is 2.78. The molecule has 0 atom stereocenters. The number of aryl methyl sites for hydroxylation is 1. The lowest BCUT2D eigenvalue weighted by Gasteiger charge is -2.27. The quantitative estimate of drug-likeness (QED) is 0.535. The SMILES string of the molecule is C=C=C=C1CCC(=C=C)c2c(C)cc(C(C)(C)C)cc21. The van der Waals surface area contributed by atoms with Gasteiger partial charge in [0.2, 0.25) is 0 Å². The van der Waals surface area contributed by atoms with Crippen molar-refractivity contribution in [3.8, 4) is 0 Å². The van der Waals surface area contributed by atoms with Crippen LogP contribution in [0.2, 0.25) is 0 Å². The number of benzene rings is 1. The van der Waals surface area contributed by atoms with Crippen LogP contribution in [0, 0.1) is 6.92 Å². The molecule has 1 aliphatic rings. The zero-order chi connectivity index (χ0) is 14.9. The highest BCUT2D eigenvalue weighted by Gasteiger charge is 2.23. The van der Waals surface area contributed by atoms with Crippen molar-refractivity contribution >= 4 is 11.1 Å². The van der Waals surface area contributed by atoms with Crippen LogP contribution in [0.5, 0.6) is 0 Å². The summed E-state index contributed by atoms with van der Waals surface area (Å²) in [5, 5.41) is 0. The van der Waals surface area contributed by atoms with E-state index in [1.54, 1.807) is 0 Å². The number of rotatable bonds is 0. The standard InChI is InChI=1S/C20H22/c1-7-9-16-11-10-15(8-2)19-14(3)12-17(13-18(16)19)20(4,5)6/h12-13H,1-2,10-11H2,3-6H3. The van der Waals surface area contributed by atoms with Crippen LogP contribution in [-0.4, -0.2) is 0 Å². The van der Waals surface area contributed by atoms with Crippen LogP contribution >= 0.6 is 0 Å². The first kappa shape index (κ1) is 14.4. The first-order valence-electron chi connectivity index (χ1n) is 7.07. The second kappa shape index (κ2) is 5.20. The molecule has 0 heterocycles. The summed E-state index contributed by atoms with van der Waals surface area (Å²) in [6, 6.07) is 4.58. The average molecular weight is 262 g/mol. The van der Waals surface area contributed by atoms with Gasteiger partial charge in [-0.1, -0.05) is 44.9 Å². The summed E-state index contributed by atoms with van der Waals surface area (Å²) >= 11 is 0. The monoisotopic (exact) mass is 262 g/mol. The normalized spacial score (nSPS) is 14.2. The Hall–Kier alpha value is -1.96. The van der Waals surface area contributed by atoms with E-state index < -0.39 is 0 Å². The van der Waals surface area contributed by atoms with Crippen molar-refractivity contribution in [3.63, 3.8) is 0 Å². The Morgan fingerprint density at radius 3 is 2.25 bits per heavy atom. The molecule has 0 radical (unpaired) electrons. The van der Waals surface area contributed by atoms with Crippen LogP contribution in [0.25, 0.3) is 11.1 Å². The minimum absolute atomic E-state index is 0.137. The highest BCUT2D eigenvalue weighted by atomic mass is 14.3. The van der Waals surface area contributed by atoms with E-state index in [1.807, 2.05) is 0 Å². The lowest BCUT2D eigenvalue weighted by atomic mass is 9.77. The third-order valence-electron chi connectivity index (χ3n) is 3.91. The topological polar surface area (TPSA) is 0 Å². The van der Waals surface area contributed by atoms with Crippen molar-refractivity contribution in [2.75, 3.05) is 0 Å². The molecule has 102 valence electrons. The molecule has 0 unspecified atom stereocenters. The highest BCUT2D eigenvalue weighted by Crippen LogP contribution is 2.40. The summed E-state index contributed by atoms with van der Waals surface area (Å²) in [4.78, 5) is 0. The van der Waals surface area contributed by atoms with Gasteiger partial charge >= 0.3 is 0 Å². The van der Waals surface area contributed by atoms with Gasteiger partial charge in [-0.3, -0.25) is 0 Å². The summed E-state index contributed by atoms with van der Waals surface area (Å²) < 4.78 is 0. The summed E-state index contributed by atoms with van der Waals surface area (Å²) in [6.45, 7) is 16.4. The zero-order valence-corrected chi connectivity index (χ0v) is 13.0. The predicted molar refractivity (Wildman–Crippen MR) is 87.7 cm³/mol. The lowest BCUT2D eigenvalue weighted by Crippen LogP contribution is -2.14. The summed E-state index contributed by atoms with van der Waals surface area (Å²) in [5.74, 6) is 0. The predicted octanol–water partition coefficient (Wildman–Crippen LogP) is 5.58. The van der Waals surface area contributed by atoms with E-state index in [1.165, 1.54) is 33.4 Å². The van der Waals surface area contributed by atoms with Crippen molar-refractivity contribution < 1.29 is 0 Å². The smallest absolute Gasteiger partial charge is 0.0106 e. The van der Waals surface area contributed by atoms with E-state index in [0.29, 0.717) is 0 Å². The summed E-state index contributed by atoms with van der Waals surface area (Å²) in [5.41, 5.74) is 16.8. The van der Waals surface area contributed by atoms with Crippen molar-refractivity contribution in [2.45, 2.75) is 46.0 Å². The maximum Gasteiger partial charge on any atom is 0.0106 e. The molecule has 0 N–H and O–H groups in total. The van der Waals surface area contributed by atoms with Crippen LogP contribution in [0.15, 0.2) is 42.5 Å². The van der Waals surface area contributed by atoms with Crippen LogP contribution in [0.1, 0.15) is 55.9 Å². The first-order valence-corrected chi connectivity index (χ1v) is 7.07. The van der Waals surface area contributed by atoms with Gasteiger partial charge in [0.25, 0.3) is 0 Å². The molecular formula is C20H22. The summed E-state index contributed by atoms with van der Waals surface area (Å²) in [7, 11) is 0. The molecule has 1 aromatic rings. The average Bonchev–Trinajstić information content (AvgIpc) is 2.38. The van der Waals surface area contributed by atoms with E-state index >= 15 is 0 Å². The second-order valence-electron chi connectivity index (χ2n) is 6.40. The van der Waals surface area contributed by atoms with Gasteiger partial charge in [0.1, 0.15) is 0 Å². The van der Waals surface area contributed by atoms with Crippen molar-refractivity contribution in [1.82, 2.24) is 0 Å². The second-order valence-corrected chi connectivity index (χ2v) is 6.40. The molecular weight excluding hydrogens is 240 g/mol. The lowest BCUT2D eigenvalue weighted by molar-refractivity contribution is 0.589. The molecule has 0 aliphatic heterocycles. The fraction of sp³-hybridized carbons (Fsp3) is 0.350. The molecule has 0 spiro atoms. The Morgan fingerprint density at radius 1 is 1.05 bits per heavy atom. The van der Waals surface area contributed by atoms with E-state index in [2.05, 4.69) is 70.2 Å². The first-order chi connectivity index (χ1) is 9.38. The van der Waals surface area contributed by atoms with Gasteiger partial charge in [-0.25, -0.2) is 0 Å². The van der Waals surface area contributed by atoms with Gasteiger partial charge in [0, 0.05) is 11.1 Å². The minimum atomic E-state index is 0.137. The van der Waals surface area contributed by atoms with Crippen molar-refractivity contribution in [2.24, 2.45) is 0 Å². The van der Waals surface area contributed by atoms with Gasteiger partial charge in [0.15, 0.2) is 0 Å². The van der Waals surface area contributed by atoms with Gasteiger partial charge < -0.3 is 0 Å². The molecule has 0 aromatic heterocycles. The fourth-order valence-corrected chi connectivity index (χ4v) is 2.78. The van der Waals surface area contributed by atoms with E-state index in [0.717, 1.165) is 12.8 Å². The maximum absolute atomic E-state index is 3.85. The number of allylic oxidation sites excluding steroid dienone is 2. The van der Waals surface area contributed by atoms with Gasteiger partial charge in [0.05, 0.1) is 0 Å². The Balaban J connectivity index is 2.85. The molecule has 1 aliphatic carbocycles. The Bertz CT molecular complexity index is 688. The Kier molecular flexibility index (Phi) is 3.76. The Labute approximate surface area is 122 Å². The molecule has 0 heteroatoms. The molecule has 0 amide bonds. The van der Waals surface area contributed by atoms with Crippen molar-refractivity contribution in [3.05, 3.63) is 64.7 Å². The van der Waals surface area contributed by atoms with Crippen LogP contribution in [0.4, 0.5) is 0 Å². The van der Waals surface area contributed by atoms with Crippen molar-refractivity contribution in [1.29, 1.82) is 0 Å². The number of hydrogen-bond acceptors (Lipinski definition) is 0. The summed E-state index contributed by atoms with van der Waals surface area (Å²) in [6.07, 6.45) is 1.93. The van der Waals surface area contributed by atoms with E-state index in [9.17, 15) is 0 Å². The molecule has 2 rings (SSSR count). The highest BCUT2D eigenvalue weighted by molar-refractivity contribution is 5.85. The van der Waals surface area contributed by atoms with Crippen LogP contribution in [0.3, 0.4) is 0 Å². The molecule has 0 saturated carbocycles. The zero-order valence-electron chi connectivity index (χ0n) is 13.0.